The van der Waals surface area contributed by atoms with Gasteiger partial charge in [-0.2, -0.15) is 0 Å². The molecule has 0 saturated carbocycles. The number of halogens is 1. The zero-order valence-corrected chi connectivity index (χ0v) is 17.5. The Morgan fingerprint density at radius 2 is 1.22 bits per heavy atom. The molecule has 3 aromatic carbocycles. The summed E-state index contributed by atoms with van der Waals surface area (Å²) in [6.45, 7) is 6.54. The van der Waals surface area contributed by atoms with Gasteiger partial charge in [0.15, 0.2) is 7.14 Å². The summed E-state index contributed by atoms with van der Waals surface area (Å²) < 4.78 is 14.1. The van der Waals surface area contributed by atoms with E-state index < -0.39 is 7.14 Å². The topological polar surface area (TPSA) is 17.1 Å². The van der Waals surface area contributed by atoms with Crippen LogP contribution in [-0.4, -0.2) is 0 Å². The molecule has 1 nitrogen and oxygen atoms in total. The van der Waals surface area contributed by atoms with E-state index in [9.17, 15) is 4.57 Å². The van der Waals surface area contributed by atoms with Crippen LogP contribution in [0.25, 0.3) is 5.03 Å². The van der Waals surface area contributed by atoms with Crippen molar-refractivity contribution >= 4 is 34.4 Å². The maximum Gasteiger partial charge on any atom is 0.165 e. The molecule has 0 unspecified atom stereocenters. The summed E-state index contributed by atoms with van der Waals surface area (Å²) in [6.07, 6.45) is 0. The summed E-state index contributed by atoms with van der Waals surface area (Å²) in [5.41, 5.74) is 2.19. The second kappa shape index (κ2) is 7.89. The van der Waals surface area contributed by atoms with Gasteiger partial charge in [0.05, 0.1) is 5.03 Å². The van der Waals surface area contributed by atoms with Gasteiger partial charge < -0.3 is 4.57 Å². The molecule has 3 rings (SSSR count). The van der Waals surface area contributed by atoms with Crippen molar-refractivity contribution in [1.82, 2.24) is 0 Å². The van der Waals surface area contributed by atoms with E-state index in [0.717, 1.165) is 16.2 Å². The number of rotatable bonds is 4. The van der Waals surface area contributed by atoms with Crippen molar-refractivity contribution in [3.05, 3.63) is 102 Å². The maximum atomic E-state index is 14.1. The summed E-state index contributed by atoms with van der Waals surface area (Å²) in [4.78, 5) is 0. The van der Waals surface area contributed by atoms with Crippen LogP contribution in [-0.2, 0) is 9.98 Å². The second-order valence-corrected chi connectivity index (χ2v) is 10.6. The van der Waals surface area contributed by atoms with E-state index in [-0.39, 0.29) is 5.41 Å². The molecular formula is C24H24ClOP. The van der Waals surface area contributed by atoms with Gasteiger partial charge in [-0.25, -0.2) is 0 Å². The fourth-order valence-electron chi connectivity index (χ4n) is 2.96. The highest BCUT2D eigenvalue weighted by molar-refractivity contribution is 7.81. The van der Waals surface area contributed by atoms with E-state index in [1.54, 1.807) is 5.82 Å². The predicted octanol–water partition coefficient (Wildman–Crippen LogP) is 6.54. The van der Waals surface area contributed by atoms with E-state index in [2.05, 4.69) is 32.9 Å². The number of hydrogen-bond acceptors (Lipinski definition) is 1. The van der Waals surface area contributed by atoms with Crippen molar-refractivity contribution in [3.63, 3.8) is 0 Å². The maximum absolute atomic E-state index is 14.1. The highest BCUT2D eigenvalue weighted by Crippen LogP contribution is 2.48. The quantitative estimate of drug-likeness (QED) is 0.459. The Bertz CT molecular complexity index is 925. The second-order valence-electron chi connectivity index (χ2n) is 7.63. The van der Waals surface area contributed by atoms with Crippen LogP contribution in [0.5, 0.6) is 0 Å². The van der Waals surface area contributed by atoms with E-state index in [1.165, 1.54) is 5.56 Å². The minimum atomic E-state index is -2.98. The van der Waals surface area contributed by atoms with Gasteiger partial charge in [0.2, 0.25) is 0 Å². The first kappa shape index (κ1) is 19.7. The Balaban J connectivity index is 2.07. The summed E-state index contributed by atoms with van der Waals surface area (Å²) in [7, 11) is -2.98. The molecule has 0 radical (unpaired) electrons. The summed E-state index contributed by atoms with van der Waals surface area (Å²) >= 11 is 6.65. The molecule has 0 aliphatic heterocycles. The summed E-state index contributed by atoms with van der Waals surface area (Å²) in [5, 5.41) is 2.06. The third-order valence-corrected chi connectivity index (χ3v) is 7.83. The molecule has 0 aliphatic rings. The minimum Gasteiger partial charge on any atom is -0.309 e. The van der Waals surface area contributed by atoms with E-state index in [0.29, 0.717) is 5.03 Å². The zero-order valence-electron chi connectivity index (χ0n) is 15.9. The van der Waals surface area contributed by atoms with Gasteiger partial charge in [-0.15, -0.1) is 0 Å². The monoisotopic (exact) mass is 394 g/mol. The fraction of sp³-hybridized carbons (Fsp3) is 0.167. The van der Waals surface area contributed by atoms with Gasteiger partial charge in [-0.3, -0.25) is 0 Å². The average molecular weight is 395 g/mol. The lowest BCUT2D eigenvalue weighted by molar-refractivity contribution is 0.590. The van der Waals surface area contributed by atoms with Crippen molar-refractivity contribution in [2.75, 3.05) is 0 Å². The van der Waals surface area contributed by atoms with Crippen LogP contribution >= 0.6 is 18.7 Å². The highest BCUT2D eigenvalue weighted by atomic mass is 35.5. The third kappa shape index (κ3) is 4.43. The van der Waals surface area contributed by atoms with E-state index in [4.69, 9.17) is 11.6 Å². The van der Waals surface area contributed by atoms with Crippen molar-refractivity contribution in [2.45, 2.75) is 26.2 Å². The first-order valence-electron chi connectivity index (χ1n) is 9.01. The van der Waals surface area contributed by atoms with Crippen LogP contribution in [0.4, 0.5) is 0 Å². The Kier molecular flexibility index (Phi) is 5.75. The van der Waals surface area contributed by atoms with Crippen LogP contribution in [0.2, 0.25) is 0 Å². The lowest BCUT2D eigenvalue weighted by Crippen LogP contribution is -2.14. The molecule has 138 valence electrons. The average Bonchev–Trinajstić information content (AvgIpc) is 2.68. The van der Waals surface area contributed by atoms with Crippen LogP contribution in [0, 0.1) is 0 Å². The molecule has 0 aromatic heterocycles. The Morgan fingerprint density at radius 3 is 1.63 bits per heavy atom. The fourth-order valence-corrected chi connectivity index (χ4v) is 5.79. The molecule has 0 atom stereocenters. The van der Waals surface area contributed by atoms with E-state index in [1.807, 2.05) is 72.8 Å². The molecule has 0 amide bonds. The lowest BCUT2D eigenvalue weighted by atomic mass is 9.87. The van der Waals surface area contributed by atoms with Gasteiger partial charge in [0.1, 0.15) is 0 Å². The van der Waals surface area contributed by atoms with Crippen molar-refractivity contribution < 1.29 is 4.57 Å². The lowest BCUT2D eigenvalue weighted by Gasteiger charge is -2.19. The molecule has 0 bridgehead atoms. The van der Waals surface area contributed by atoms with Crippen LogP contribution in [0.15, 0.2) is 90.7 Å². The molecule has 0 heterocycles. The van der Waals surface area contributed by atoms with Gasteiger partial charge in [0.25, 0.3) is 0 Å². The molecule has 0 N–H and O–H groups in total. The molecule has 0 saturated heterocycles. The highest BCUT2D eigenvalue weighted by Gasteiger charge is 2.25. The zero-order chi connectivity index (χ0) is 19.5. The largest absolute Gasteiger partial charge is 0.309 e. The molecule has 27 heavy (non-hydrogen) atoms. The van der Waals surface area contributed by atoms with Crippen LogP contribution in [0.1, 0.15) is 31.9 Å². The predicted molar refractivity (Wildman–Crippen MR) is 119 cm³/mol. The van der Waals surface area contributed by atoms with Gasteiger partial charge in [0, 0.05) is 16.4 Å². The minimum absolute atomic E-state index is 0.0814. The Hall–Kier alpha value is -2.08. The molecule has 0 fully saturated rings. The molecule has 0 spiro atoms. The normalized spacial score (nSPS) is 12.8. The van der Waals surface area contributed by atoms with Gasteiger partial charge >= 0.3 is 0 Å². The Morgan fingerprint density at radius 1 is 0.778 bits per heavy atom. The number of benzene rings is 3. The Labute approximate surface area is 167 Å². The first-order valence-corrected chi connectivity index (χ1v) is 11.2. The molecular weight excluding hydrogens is 371 g/mol. The van der Waals surface area contributed by atoms with Gasteiger partial charge in [-0.05, 0) is 16.5 Å². The van der Waals surface area contributed by atoms with Gasteiger partial charge in [-0.1, -0.05) is 117 Å². The van der Waals surface area contributed by atoms with Crippen molar-refractivity contribution in [3.8, 4) is 0 Å². The van der Waals surface area contributed by atoms with Crippen LogP contribution in [0.3, 0.4) is 0 Å². The summed E-state index contributed by atoms with van der Waals surface area (Å²) in [5.74, 6) is 1.73. The number of hydrogen-bond donors (Lipinski definition) is 0. The summed E-state index contributed by atoms with van der Waals surface area (Å²) in [6, 6.07) is 27.3. The van der Waals surface area contributed by atoms with Crippen molar-refractivity contribution in [1.29, 1.82) is 0 Å². The molecule has 0 aliphatic carbocycles. The third-order valence-electron chi connectivity index (χ3n) is 4.60. The van der Waals surface area contributed by atoms with E-state index >= 15 is 0 Å². The molecule has 3 heteroatoms. The molecule has 3 aromatic rings. The SMILES string of the molecule is CC(C)(C)c1ccc(/C(Cl)=C\P(=O)(c2ccccc2)c2ccccc2)cc1. The standard InChI is InChI=1S/C24H24ClOP/c1-24(2,3)20-16-14-19(15-17-20)23(25)18-27(26,21-10-6-4-7-11-21)22-12-8-5-9-13-22/h4-18H,1-3H3/b23-18+. The van der Waals surface area contributed by atoms with Crippen LogP contribution < -0.4 is 10.6 Å². The smallest absolute Gasteiger partial charge is 0.165 e. The first-order chi connectivity index (χ1) is 12.8. The van der Waals surface area contributed by atoms with Crippen molar-refractivity contribution in [2.24, 2.45) is 0 Å².